The van der Waals surface area contributed by atoms with Crippen LogP contribution in [0.3, 0.4) is 0 Å². The number of ether oxygens (including phenoxy) is 1. The highest BCUT2D eigenvalue weighted by molar-refractivity contribution is 5.79. The van der Waals surface area contributed by atoms with E-state index in [1.165, 1.54) is 18.4 Å². The van der Waals surface area contributed by atoms with E-state index in [1.807, 2.05) is 42.5 Å². The molecule has 0 amide bonds. The molecular weight excluding hydrogens is 388 g/mol. The van der Waals surface area contributed by atoms with E-state index in [1.54, 1.807) is 7.11 Å². The van der Waals surface area contributed by atoms with E-state index in [9.17, 15) is 5.11 Å². The van der Waals surface area contributed by atoms with Gasteiger partial charge in [0.15, 0.2) is 5.96 Å². The summed E-state index contributed by atoms with van der Waals surface area (Å²) in [6.07, 6.45) is 2.58. The van der Waals surface area contributed by atoms with Gasteiger partial charge >= 0.3 is 0 Å². The third kappa shape index (κ3) is 7.26. The van der Waals surface area contributed by atoms with Gasteiger partial charge in [-0.2, -0.15) is 0 Å². The van der Waals surface area contributed by atoms with Crippen molar-refractivity contribution < 1.29 is 9.84 Å². The lowest BCUT2D eigenvalue weighted by Gasteiger charge is -2.29. The Kier molecular flexibility index (Phi) is 9.18. The molecule has 0 aromatic heterocycles. The van der Waals surface area contributed by atoms with Crippen LogP contribution in [0.2, 0.25) is 0 Å². The molecule has 0 spiro atoms. The van der Waals surface area contributed by atoms with Crippen molar-refractivity contribution in [3.05, 3.63) is 65.7 Å². The molecule has 6 heteroatoms. The highest BCUT2D eigenvalue weighted by Gasteiger charge is 2.23. The number of methoxy groups -OCH3 is 1. The number of aliphatic hydroxyl groups is 1. The van der Waals surface area contributed by atoms with E-state index < -0.39 is 6.10 Å². The van der Waals surface area contributed by atoms with Crippen LogP contribution >= 0.6 is 0 Å². The first kappa shape index (κ1) is 23.1. The number of likely N-dealkylation sites (tertiary alicyclic amines) is 1. The van der Waals surface area contributed by atoms with Crippen molar-refractivity contribution in [2.45, 2.75) is 38.3 Å². The Labute approximate surface area is 186 Å². The number of hydrogen-bond acceptors (Lipinski definition) is 4. The van der Waals surface area contributed by atoms with Gasteiger partial charge in [-0.1, -0.05) is 42.5 Å². The van der Waals surface area contributed by atoms with Crippen molar-refractivity contribution >= 4 is 5.96 Å². The Balaban J connectivity index is 1.62. The predicted molar refractivity (Wildman–Crippen MR) is 127 cm³/mol. The lowest BCUT2D eigenvalue weighted by molar-refractivity contribution is 0.183. The number of guanidine groups is 1. The molecule has 2 aromatic carbocycles. The van der Waals surface area contributed by atoms with Gasteiger partial charge in [-0.25, -0.2) is 0 Å². The van der Waals surface area contributed by atoms with Gasteiger partial charge in [0.05, 0.1) is 25.8 Å². The first-order valence-corrected chi connectivity index (χ1v) is 11.3. The monoisotopic (exact) mass is 424 g/mol. The van der Waals surface area contributed by atoms with Gasteiger partial charge in [-0.05, 0) is 56.1 Å². The maximum atomic E-state index is 10.4. The molecule has 1 saturated heterocycles. The van der Waals surface area contributed by atoms with Crippen molar-refractivity contribution in [1.29, 1.82) is 0 Å². The summed E-state index contributed by atoms with van der Waals surface area (Å²) >= 11 is 0. The number of benzene rings is 2. The van der Waals surface area contributed by atoms with E-state index >= 15 is 0 Å². The normalized spacial score (nSPS) is 16.7. The van der Waals surface area contributed by atoms with Crippen LogP contribution in [0.5, 0.6) is 5.75 Å². The highest BCUT2D eigenvalue weighted by atomic mass is 16.5. The summed E-state index contributed by atoms with van der Waals surface area (Å²) < 4.78 is 5.32. The van der Waals surface area contributed by atoms with Crippen LogP contribution in [0, 0.1) is 0 Å². The average molecular weight is 425 g/mol. The van der Waals surface area contributed by atoms with Crippen molar-refractivity contribution in [2.75, 3.05) is 39.8 Å². The summed E-state index contributed by atoms with van der Waals surface area (Å²) in [6, 6.07) is 18.7. The number of aliphatic hydroxyl groups excluding tert-OH is 1. The van der Waals surface area contributed by atoms with Crippen molar-refractivity contribution in [2.24, 2.45) is 4.99 Å². The van der Waals surface area contributed by atoms with Gasteiger partial charge in [-0.15, -0.1) is 0 Å². The van der Waals surface area contributed by atoms with Gasteiger partial charge in [0, 0.05) is 19.5 Å². The SMILES string of the molecule is CCNC(=NCC(O)Cc1ccccc1)NCC(c1ccc(OC)cc1)N1CCCC1. The molecule has 1 aliphatic rings. The molecule has 31 heavy (non-hydrogen) atoms. The van der Waals surface area contributed by atoms with Crippen LogP contribution in [0.25, 0.3) is 0 Å². The molecule has 1 fully saturated rings. The third-order valence-electron chi connectivity index (χ3n) is 5.66. The minimum absolute atomic E-state index is 0.270. The summed E-state index contributed by atoms with van der Waals surface area (Å²) in [6.45, 7) is 6.17. The Morgan fingerprint density at radius 2 is 1.77 bits per heavy atom. The van der Waals surface area contributed by atoms with E-state index in [0.29, 0.717) is 13.0 Å². The molecule has 6 nitrogen and oxygen atoms in total. The average Bonchev–Trinajstić information content (AvgIpc) is 3.33. The summed E-state index contributed by atoms with van der Waals surface area (Å²) in [4.78, 5) is 7.17. The minimum Gasteiger partial charge on any atom is -0.497 e. The number of rotatable bonds is 10. The molecule has 1 aliphatic heterocycles. The number of hydrogen-bond donors (Lipinski definition) is 3. The molecule has 3 N–H and O–H groups in total. The standard InChI is InChI=1S/C25H36N4O2/c1-3-26-25(27-18-22(30)17-20-9-5-4-6-10-20)28-19-24(29-15-7-8-16-29)21-11-13-23(31-2)14-12-21/h4-6,9-14,22,24,30H,3,7-8,15-19H2,1-2H3,(H2,26,27,28). The van der Waals surface area contributed by atoms with Crippen LogP contribution in [-0.4, -0.2) is 61.9 Å². The second-order valence-electron chi connectivity index (χ2n) is 7.98. The Morgan fingerprint density at radius 3 is 2.42 bits per heavy atom. The maximum Gasteiger partial charge on any atom is 0.191 e. The minimum atomic E-state index is -0.506. The summed E-state index contributed by atoms with van der Waals surface area (Å²) in [5, 5.41) is 17.2. The molecule has 2 aromatic rings. The van der Waals surface area contributed by atoms with Crippen LogP contribution in [0.15, 0.2) is 59.6 Å². The first-order chi connectivity index (χ1) is 15.2. The lowest BCUT2D eigenvalue weighted by atomic mass is 10.1. The summed E-state index contributed by atoms with van der Waals surface area (Å²) in [5.41, 5.74) is 2.40. The zero-order valence-electron chi connectivity index (χ0n) is 18.8. The molecule has 168 valence electrons. The smallest absolute Gasteiger partial charge is 0.191 e. The summed E-state index contributed by atoms with van der Waals surface area (Å²) in [7, 11) is 1.69. The molecule has 0 aliphatic carbocycles. The van der Waals surface area contributed by atoms with Crippen LogP contribution in [0.1, 0.15) is 36.9 Å². The van der Waals surface area contributed by atoms with Gasteiger partial charge in [0.1, 0.15) is 5.75 Å². The second kappa shape index (κ2) is 12.3. The summed E-state index contributed by atoms with van der Waals surface area (Å²) in [5.74, 6) is 1.62. The van der Waals surface area contributed by atoms with Crippen LogP contribution in [0.4, 0.5) is 0 Å². The van der Waals surface area contributed by atoms with Gasteiger partial charge in [0.2, 0.25) is 0 Å². The molecular formula is C25H36N4O2. The fourth-order valence-corrected chi connectivity index (χ4v) is 4.02. The Morgan fingerprint density at radius 1 is 1.06 bits per heavy atom. The van der Waals surface area contributed by atoms with Crippen LogP contribution in [-0.2, 0) is 6.42 Å². The molecule has 3 rings (SSSR count). The van der Waals surface area contributed by atoms with Gasteiger partial charge in [-0.3, -0.25) is 9.89 Å². The van der Waals surface area contributed by atoms with Crippen molar-refractivity contribution in [3.8, 4) is 5.75 Å². The Bertz CT molecular complexity index is 789. The zero-order chi connectivity index (χ0) is 21.9. The topological polar surface area (TPSA) is 69.1 Å². The predicted octanol–water partition coefficient (Wildman–Crippen LogP) is 2.99. The molecule has 0 saturated carbocycles. The van der Waals surface area contributed by atoms with Gasteiger partial charge < -0.3 is 20.5 Å². The molecule has 0 radical (unpaired) electrons. The van der Waals surface area contributed by atoms with E-state index in [0.717, 1.165) is 43.5 Å². The number of nitrogens with zero attached hydrogens (tertiary/aromatic N) is 2. The van der Waals surface area contributed by atoms with Crippen molar-refractivity contribution in [1.82, 2.24) is 15.5 Å². The van der Waals surface area contributed by atoms with E-state index in [4.69, 9.17) is 4.74 Å². The fourth-order valence-electron chi connectivity index (χ4n) is 4.02. The number of nitrogens with one attached hydrogen (secondary N) is 2. The number of aliphatic imine (C=N–C) groups is 1. The first-order valence-electron chi connectivity index (χ1n) is 11.3. The second-order valence-corrected chi connectivity index (χ2v) is 7.98. The lowest BCUT2D eigenvalue weighted by Crippen LogP contribution is -2.43. The highest BCUT2D eigenvalue weighted by Crippen LogP contribution is 2.26. The van der Waals surface area contributed by atoms with Crippen molar-refractivity contribution in [3.63, 3.8) is 0 Å². The maximum absolute atomic E-state index is 10.4. The van der Waals surface area contributed by atoms with Gasteiger partial charge in [0.25, 0.3) is 0 Å². The fraction of sp³-hybridized carbons (Fsp3) is 0.480. The van der Waals surface area contributed by atoms with Crippen LogP contribution < -0.4 is 15.4 Å². The Hall–Kier alpha value is -2.57. The molecule has 1 heterocycles. The zero-order valence-corrected chi connectivity index (χ0v) is 18.8. The molecule has 2 atom stereocenters. The van der Waals surface area contributed by atoms with E-state index in [-0.39, 0.29) is 6.04 Å². The molecule has 0 bridgehead atoms. The molecule has 2 unspecified atom stereocenters. The van der Waals surface area contributed by atoms with E-state index in [2.05, 4.69) is 39.6 Å². The third-order valence-corrected chi connectivity index (χ3v) is 5.66. The quantitative estimate of drug-likeness (QED) is 0.404. The largest absolute Gasteiger partial charge is 0.497 e.